The maximum Gasteiger partial charge on any atom is 0.494 e. The molecule has 0 atom stereocenters. The summed E-state index contributed by atoms with van der Waals surface area (Å²) in [5, 5.41) is 0. The van der Waals surface area contributed by atoms with E-state index in [1.807, 2.05) is 19.3 Å². The van der Waals surface area contributed by atoms with Gasteiger partial charge in [0.25, 0.3) is 0 Å². The monoisotopic (exact) mass is 298 g/mol. The number of hydrogen-bond acceptors (Lipinski definition) is 3. The highest BCUT2D eigenvalue weighted by Crippen LogP contribution is 2.36. The number of nitrogens with zero attached hydrogens (tertiary/aromatic N) is 2. The van der Waals surface area contributed by atoms with Gasteiger partial charge in [0, 0.05) is 18.9 Å². The normalized spacial score (nSPS) is 19.6. The van der Waals surface area contributed by atoms with Crippen LogP contribution in [-0.4, -0.2) is 27.9 Å². The summed E-state index contributed by atoms with van der Waals surface area (Å²) in [6.45, 7) is 11.1. The first-order valence-corrected chi connectivity index (χ1v) is 7.71. The van der Waals surface area contributed by atoms with E-state index < -0.39 is 0 Å². The summed E-state index contributed by atoms with van der Waals surface area (Å²) in [6.07, 6.45) is 3.82. The fourth-order valence-electron chi connectivity index (χ4n) is 2.53. The van der Waals surface area contributed by atoms with Gasteiger partial charge in [-0.1, -0.05) is 24.3 Å². The summed E-state index contributed by atoms with van der Waals surface area (Å²) in [6, 6.07) is 8.42. The van der Waals surface area contributed by atoms with Crippen molar-refractivity contribution in [2.24, 2.45) is 0 Å². The molecule has 1 aromatic heterocycles. The average molecular weight is 298 g/mol. The van der Waals surface area contributed by atoms with E-state index in [-0.39, 0.29) is 18.3 Å². The molecule has 0 aliphatic carbocycles. The SMILES string of the molecule is Cc1nccn1Cc1ccc(B2OC(C)(C)C(C)(C)O2)cc1. The Labute approximate surface area is 132 Å². The number of aryl methyl sites for hydroxylation is 1. The number of aromatic nitrogens is 2. The lowest BCUT2D eigenvalue weighted by molar-refractivity contribution is 0.00578. The van der Waals surface area contributed by atoms with E-state index in [1.54, 1.807) is 0 Å². The minimum Gasteiger partial charge on any atom is -0.399 e. The molecule has 2 aromatic rings. The third kappa shape index (κ3) is 2.71. The largest absolute Gasteiger partial charge is 0.494 e. The fourth-order valence-corrected chi connectivity index (χ4v) is 2.53. The summed E-state index contributed by atoms with van der Waals surface area (Å²) >= 11 is 0. The van der Waals surface area contributed by atoms with Crippen LogP contribution in [0.25, 0.3) is 0 Å². The topological polar surface area (TPSA) is 36.3 Å². The van der Waals surface area contributed by atoms with Crippen LogP contribution in [0.1, 0.15) is 39.1 Å². The molecular weight excluding hydrogens is 275 g/mol. The van der Waals surface area contributed by atoms with Crippen LogP contribution >= 0.6 is 0 Å². The summed E-state index contributed by atoms with van der Waals surface area (Å²) in [7, 11) is -0.297. The van der Waals surface area contributed by atoms with E-state index in [9.17, 15) is 0 Å². The Morgan fingerprint density at radius 1 is 1.05 bits per heavy atom. The van der Waals surface area contributed by atoms with Gasteiger partial charge in [-0.3, -0.25) is 0 Å². The standard InChI is InChI=1S/C17H23BN2O2/c1-13-19-10-11-20(13)12-14-6-8-15(9-7-14)18-21-16(2,3)17(4,5)22-18/h6-11H,12H2,1-5H3. The van der Waals surface area contributed by atoms with E-state index >= 15 is 0 Å². The van der Waals surface area contributed by atoms with Crippen LogP contribution < -0.4 is 5.46 Å². The summed E-state index contributed by atoms with van der Waals surface area (Å²) < 4.78 is 14.3. The van der Waals surface area contributed by atoms with Crippen molar-refractivity contribution in [1.29, 1.82) is 0 Å². The molecule has 22 heavy (non-hydrogen) atoms. The van der Waals surface area contributed by atoms with Crippen molar-refractivity contribution in [3.05, 3.63) is 48.0 Å². The molecular formula is C17H23BN2O2. The van der Waals surface area contributed by atoms with Crippen molar-refractivity contribution in [2.45, 2.75) is 52.4 Å². The lowest BCUT2D eigenvalue weighted by atomic mass is 9.79. The first-order chi connectivity index (χ1) is 10.3. The molecule has 0 bridgehead atoms. The second kappa shape index (κ2) is 5.25. The lowest BCUT2D eigenvalue weighted by Crippen LogP contribution is -2.41. The fraction of sp³-hybridized carbons (Fsp3) is 0.471. The highest BCUT2D eigenvalue weighted by Gasteiger charge is 2.51. The molecule has 4 nitrogen and oxygen atoms in total. The molecule has 1 saturated heterocycles. The van der Waals surface area contributed by atoms with E-state index in [4.69, 9.17) is 9.31 Å². The van der Waals surface area contributed by atoms with Gasteiger partial charge in [0.1, 0.15) is 5.82 Å². The summed E-state index contributed by atoms with van der Waals surface area (Å²) in [5.74, 6) is 1.02. The average Bonchev–Trinajstić information content (AvgIpc) is 2.92. The van der Waals surface area contributed by atoms with Crippen LogP contribution in [0.15, 0.2) is 36.7 Å². The van der Waals surface area contributed by atoms with Gasteiger partial charge >= 0.3 is 7.12 Å². The van der Waals surface area contributed by atoms with Crippen LogP contribution in [0.3, 0.4) is 0 Å². The highest BCUT2D eigenvalue weighted by molar-refractivity contribution is 6.62. The van der Waals surface area contributed by atoms with Crippen molar-refractivity contribution < 1.29 is 9.31 Å². The van der Waals surface area contributed by atoms with Crippen LogP contribution in [0.5, 0.6) is 0 Å². The smallest absolute Gasteiger partial charge is 0.399 e. The molecule has 5 heteroatoms. The second-order valence-electron chi connectivity index (χ2n) is 6.93. The molecule has 1 aromatic carbocycles. The van der Waals surface area contributed by atoms with Crippen molar-refractivity contribution in [3.8, 4) is 0 Å². The predicted octanol–water partition coefficient (Wildman–Crippen LogP) is 2.54. The Morgan fingerprint density at radius 3 is 2.14 bits per heavy atom. The third-order valence-electron chi connectivity index (χ3n) is 4.78. The predicted molar refractivity (Wildman–Crippen MR) is 88.2 cm³/mol. The van der Waals surface area contributed by atoms with Gasteiger partial charge in [0.15, 0.2) is 0 Å². The van der Waals surface area contributed by atoms with Gasteiger partial charge in [0.2, 0.25) is 0 Å². The van der Waals surface area contributed by atoms with Crippen LogP contribution in [-0.2, 0) is 15.9 Å². The molecule has 0 radical (unpaired) electrons. The second-order valence-corrected chi connectivity index (χ2v) is 6.93. The minimum absolute atomic E-state index is 0.297. The van der Waals surface area contributed by atoms with Gasteiger partial charge in [-0.2, -0.15) is 0 Å². The highest BCUT2D eigenvalue weighted by atomic mass is 16.7. The maximum absolute atomic E-state index is 6.08. The zero-order chi connectivity index (χ0) is 16.0. The molecule has 1 aliphatic heterocycles. The molecule has 1 aliphatic rings. The van der Waals surface area contributed by atoms with Crippen LogP contribution in [0, 0.1) is 6.92 Å². The Kier molecular flexibility index (Phi) is 3.65. The number of benzene rings is 1. The van der Waals surface area contributed by atoms with Crippen molar-refractivity contribution in [1.82, 2.24) is 9.55 Å². The van der Waals surface area contributed by atoms with E-state index in [2.05, 4.69) is 61.5 Å². The Hall–Kier alpha value is -1.59. The molecule has 2 heterocycles. The molecule has 1 fully saturated rings. The minimum atomic E-state index is -0.301. The molecule has 116 valence electrons. The first-order valence-electron chi connectivity index (χ1n) is 7.71. The first kappa shape index (κ1) is 15.3. The lowest BCUT2D eigenvalue weighted by Gasteiger charge is -2.32. The Bertz CT molecular complexity index is 646. The van der Waals surface area contributed by atoms with Crippen molar-refractivity contribution in [2.75, 3.05) is 0 Å². The maximum atomic E-state index is 6.08. The molecule has 0 N–H and O–H groups in total. The number of rotatable bonds is 3. The van der Waals surface area contributed by atoms with Gasteiger partial charge < -0.3 is 13.9 Å². The van der Waals surface area contributed by atoms with E-state index in [0.29, 0.717) is 0 Å². The van der Waals surface area contributed by atoms with E-state index in [0.717, 1.165) is 17.8 Å². The molecule has 0 spiro atoms. The molecule has 3 rings (SSSR count). The summed E-state index contributed by atoms with van der Waals surface area (Å²) in [4.78, 5) is 4.25. The molecule has 0 unspecified atom stereocenters. The van der Waals surface area contributed by atoms with Crippen LogP contribution in [0.2, 0.25) is 0 Å². The van der Waals surface area contributed by atoms with Crippen molar-refractivity contribution >= 4 is 12.6 Å². The molecule has 0 saturated carbocycles. The van der Waals surface area contributed by atoms with Crippen molar-refractivity contribution in [3.63, 3.8) is 0 Å². The van der Waals surface area contributed by atoms with Gasteiger partial charge in [-0.05, 0) is 45.6 Å². The van der Waals surface area contributed by atoms with Gasteiger partial charge in [-0.15, -0.1) is 0 Å². The van der Waals surface area contributed by atoms with Gasteiger partial charge in [-0.25, -0.2) is 4.98 Å². The number of hydrogen-bond donors (Lipinski definition) is 0. The van der Waals surface area contributed by atoms with E-state index in [1.165, 1.54) is 5.56 Å². The Morgan fingerprint density at radius 2 is 1.64 bits per heavy atom. The van der Waals surface area contributed by atoms with Crippen LogP contribution in [0.4, 0.5) is 0 Å². The number of imidazole rings is 1. The Balaban J connectivity index is 1.74. The quantitative estimate of drug-likeness (QED) is 0.817. The zero-order valence-corrected chi connectivity index (χ0v) is 14.0. The third-order valence-corrected chi connectivity index (χ3v) is 4.78. The summed E-state index contributed by atoms with van der Waals surface area (Å²) in [5.41, 5.74) is 1.69. The zero-order valence-electron chi connectivity index (χ0n) is 14.0. The van der Waals surface area contributed by atoms with Gasteiger partial charge in [0.05, 0.1) is 11.2 Å². The molecule has 0 amide bonds.